The number of hydrogen-bond donors (Lipinski definition) is 10. The van der Waals surface area contributed by atoms with Gasteiger partial charge in [0.2, 0.25) is 35.4 Å². The van der Waals surface area contributed by atoms with Crippen molar-refractivity contribution in [2.75, 3.05) is 20.1 Å². The molecule has 2 aromatic rings. The number of phenols is 2. The smallest absolute Gasteiger partial charge is 0.245 e. The molecular formula is C45H70N10O8. The number of aryl methyl sites for hydroxylation is 2. The van der Waals surface area contributed by atoms with Gasteiger partial charge in [-0.25, -0.2) is 0 Å². The van der Waals surface area contributed by atoms with E-state index in [0.29, 0.717) is 45.1 Å². The van der Waals surface area contributed by atoms with Gasteiger partial charge in [0, 0.05) is 13.6 Å². The number of rotatable bonds is 18. The van der Waals surface area contributed by atoms with Crippen LogP contribution in [0.25, 0.3) is 0 Å². The molecule has 0 radical (unpaired) electrons. The first-order valence-corrected chi connectivity index (χ1v) is 22.1. The SMILES string of the molecule is CC[C@H](C)[C@@H]1NC(=O)[C@H](CCc2ccc(O)cc2)NC(=O)[C@H](CCc2ccc(O)cc2)N(C)C(=O)[C@H]([C@@H](C)CC)NC(=O)[C@@H](CCCCN)NC(=O)[C@H](CCCN=C(N)N)NC1=O. The highest BCUT2D eigenvalue weighted by Crippen LogP contribution is 2.20. The van der Waals surface area contributed by atoms with Gasteiger partial charge in [-0.05, 0) is 112 Å². The van der Waals surface area contributed by atoms with Crippen LogP contribution in [-0.4, -0.2) is 113 Å². The molecule has 0 aliphatic carbocycles. The molecule has 8 atom stereocenters. The lowest BCUT2D eigenvalue weighted by molar-refractivity contribution is -0.144. The van der Waals surface area contributed by atoms with Gasteiger partial charge in [0.05, 0.1) is 0 Å². The number of hydrogen-bond acceptors (Lipinski definition) is 10. The van der Waals surface area contributed by atoms with Gasteiger partial charge in [0.15, 0.2) is 5.96 Å². The van der Waals surface area contributed by atoms with E-state index in [0.717, 1.165) is 11.1 Å². The molecule has 0 aromatic heterocycles. The molecule has 2 aromatic carbocycles. The number of amides is 6. The highest BCUT2D eigenvalue weighted by Gasteiger charge is 2.39. The van der Waals surface area contributed by atoms with E-state index in [-0.39, 0.29) is 56.1 Å². The van der Waals surface area contributed by atoms with E-state index in [2.05, 4.69) is 31.6 Å². The summed E-state index contributed by atoms with van der Waals surface area (Å²) in [5.41, 5.74) is 18.4. The molecule has 18 heteroatoms. The quantitative estimate of drug-likeness (QED) is 0.0577. The highest BCUT2D eigenvalue weighted by atomic mass is 16.3. The molecule has 63 heavy (non-hydrogen) atoms. The lowest BCUT2D eigenvalue weighted by Crippen LogP contribution is -2.63. The summed E-state index contributed by atoms with van der Waals surface area (Å²) in [5.74, 6) is -4.65. The van der Waals surface area contributed by atoms with Crippen molar-refractivity contribution in [2.24, 2.45) is 34.0 Å². The fraction of sp³-hybridized carbons (Fsp3) is 0.578. The lowest BCUT2D eigenvalue weighted by Gasteiger charge is -2.35. The topological polar surface area (TPSA) is 297 Å². The van der Waals surface area contributed by atoms with Crippen LogP contribution in [0, 0.1) is 11.8 Å². The largest absolute Gasteiger partial charge is 0.508 e. The summed E-state index contributed by atoms with van der Waals surface area (Å²) in [6.07, 6.45) is 3.25. The number of nitrogens with zero attached hydrogens (tertiary/aromatic N) is 2. The number of likely N-dealkylation sites (N-methyl/N-ethyl adjacent to an activating group) is 1. The number of unbranched alkanes of at least 4 members (excludes halogenated alkanes) is 1. The first-order valence-electron chi connectivity index (χ1n) is 22.1. The standard InChI is InChI=1S/C45H70N10O8/c1-6-27(3)37-43(62)52-34(12-10-26-49-45(47)48)39(58)50-33(11-8-9-25-46)40(59)54-38(28(4)7-2)44(63)55(5)36(24-18-30-15-21-32(57)22-16-30)42(61)51-35(41(60)53-37)23-17-29-13-19-31(56)20-14-29/h13-16,19-22,27-28,33-38,56-57H,6-12,17-18,23-26,46H2,1-5H3,(H,50,58)(H,51,61)(H,52,62)(H,53,60)(H,54,59)(H4,47,48,49)/t27-,28-,33+,34-,35-,36-,37-,38-/m0/s1. The number of phenolic OH excluding ortho intramolecular Hbond substituents is 2. The fourth-order valence-corrected chi connectivity index (χ4v) is 7.31. The zero-order valence-electron chi connectivity index (χ0n) is 37.4. The first-order chi connectivity index (χ1) is 30.0. The van der Waals surface area contributed by atoms with E-state index in [4.69, 9.17) is 17.2 Å². The van der Waals surface area contributed by atoms with Crippen LogP contribution in [-0.2, 0) is 41.6 Å². The van der Waals surface area contributed by atoms with Crippen LogP contribution in [0.5, 0.6) is 11.5 Å². The molecule has 13 N–H and O–H groups in total. The summed E-state index contributed by atoms with van der Waals surface area (Å²) < 4.78 is 0. The highest BCUT2D eigenvalue weighted by molar-refractivity contribution is 5.98. The molecule has 6 amide bonds. The summed E-state index contributed by atoms with van der Waals surface area (Å²) >= 11 is 0. The summed E-state index contributed by atoms with van der Waals surface area (Å²) in [6, 6.07) is 5.94. The van der Waals surface area contributed by atoms with Crippen LogP contribution in [0.15, 0.2) is 53.5 Å². The predicted octanol–water partition coefficient (Wildman–Crippen LogP) is 1.20. The number of carbonyl (C=O) groups is 6. The Labute approximate surface area is 371 Å². The third kappa shape index (κ3) is 16.4. The molecule has 0 spiro atoms. The summed E-state index contributed by atoms with van der Waals surface area (Å²) in [5, 5.41) is 34.0. The van der Waals surface area contributed by atoms with E-state index in [9.17, 15) is 39.0 Å². The molecule has 348 valence electrons. The molecule has 1 heterocycles. The van der Waals surface area contributed by atoms with Gasteiger partial charge in [0.1, 0.15) is 47.8 Å². The normalized spacial score (nSPS) is 22.9. The molecule has 0 bridgehead atoms. The maximum atomic E-state index is 14.7. The Balaban J connectivity index is 2.19. The Bertz CT molecular complexity index is 1840. The molecule has 1 aliphatic heterocycles. The van der Waals surface area contributed by atoms with Crippen LogP contribution in [0.4, 0.5) is 0 Å². The molecule has 0 unspecified atom stereocenters. The van der Waals surface area contributed by atoms with Crippen LogP contribution in [0.2, 0.25) is 0 Å². The Morgan fingerprint density at radius 2 is 1.06 bits per heavy atom. The minimum Gasteiger partial charge on any atom is -0.508 e. The number of benzene rings is 2. The van der Waals surface area contributed by atoms with E-state index in [1.807, 2.05) is 13.8 Å². The zero-order valence-corrected chi connectivity index (χ0v) is 37.4. The van der Waals surface area contributed by atoms with Gasteiger partial charge in [-0.2, -0.15) is 0 Å². The van der Waals surface area contributed by atoms with E-state index in [1.165, 1.54) is 36.2 Å². The molecule has 0 saturated carbocycles. The number of guanidine groups is 1. The molecule has 18 nitrogen and oxygen atoms in total. The lowest BCUT2D eigenvalue weighted by atomic mass is 9.95. The number of carbonyl (C=O) groups excluding carboxylic acids is 6. The third-order valence-corrected chi connectivity index (χ3v) is 11.8. The number of aromatic hydroxyl groups is 2. The van der Waals surface area contributed by atoms with Crippen molar-refractivity contribution in [2.45, 2.75) is 135 Å². The van der Waals surface area contributed by atoms with Crippen LogP contribution in [0.3, 0.4) is 0 Å². The minimum atomic E-state index is -1.21. The third-order valence-electron chi connectivity index (χ3n) is 11.8. The van der Waals surface area contributed by atoms with E-state index < -0.39 is 83.5 Å². The molecule has 1 aliphatic rings. The predicted molar refractivity (Wildman–Crippen MR) is 241 cm³/mol. The summed E-state index contributed by atoms with van der Waals surface area (Å²) in [7, 11) is 1.48. The molecule has 1 fully saturated rings. The fourth-order valence-electron chi connectivity index (χ4n) is 7.31. The molecule has 1 saturated heterocycles. The number of nitrogens with one attached hydrogen (secondary N) is 5. The van der Waals surface area contributed by atoms with Gasteiger partial charge in [-0.15, -0.1) is 0 Å². The second kappa shape index (κ2) is 25.9. The molecular weight excluding hydrogens is 809 g/mol. The maximum Gasteiger partial charge on any atom is 0.245 e. The second-order valence-electron chi connectivity index (χ2n) is 16.5. The minimum absolute atomic E-state index is 0.0600. The van der Waals surface area contributed by atoms with Crippen LogP contribution < -0.4 is 43.8 Å². The van der Waals surface area contributed by atoms with Crippen molar-refractivity contribution in [1.29, 1.82) is 0 Å². The summed E-state index contributed by atoms with van der Waals surface area (Å²) in [4.78, 5) is 91.8. The summed E-state index contributed by atoms with van der Waals surface area (Å²) in [6.45, 7) is 7.79. The van der Waals surface area contributed by atoms with Crippen molar-refractivity contribution < 1.29 is 39.0 Å². The average Bonchev–Trinajstić information content (AvgIpc) is 3.26. The Morgan fingerprint density at radius 1 is 0.619 bits per heavy atom. The van der Waals surface area contributed by atoms with E-state index in [1.54, 1.807) is 38.1 Å². The average molecular weight is 879 g/mol. The van der Waals surface area contributed by atoms with Gasteiger partial charge in [-0.1, -0.05) is 64.8 Å². The Hall–Kier alpha value is -5.91. The van der Waals surface area contributed by atoms with Crippen molar-refractivity contribution >= 4 is 41.4 Å². The van der Waals surface area contributed by atoms with Crippen molar-refractivity contribution in [1.82, 2.24) is 31.5 Å². The van der Waals surface area contributed by atoms with E-state index >= 15 is 0 Å². The van der Waals surface area contributed by atoms with Gasteiger partial charge >= 0.3 is 0 Å². The van der Waals surface area contributed by atoms with Gasteiger partial charge < -0.3 is 58.9 Å². The number of aliphatic imine (C=N–C) groups is 1. The number of nitrogens with two attached hydrogens (primary N) is 3. The zero-order chi connectivity index (χ0) is 46.6. The van der Waals surface area contributed by atoms with Gasteiger partial charge in [0.25, 0.3) is 0 Å². The van der Waals surface area contributed by atoms with Crippen molar-refractivity contribution in [3.63, 3.8) is 0 Å². The monoisotopic (exact) mass is 879 g/mol. The van der Waals surface area contributed by atoms with Crippen LogP contribution in [0.1, 0.15) is 96.6 Å². The van der Waals surface area contributed by atoms with Gasteiger partial charge in [-0.3, -0.25) is 33.8 Å². The Morgan fingerprint density at radius 3 is 1.59 bits per heavy atom. The maximum absolute atomic E-state index is 14.7. The van der Waals surface area contributed by atoms with Crippen molar-refractivity contribution in [3.05, 3.63) is 59.7 Å². The second-order valence-corrected chi connectivity index (χ2v) is 16.5. The first kappa shape index (κ1) is 51.4. The van der Waals surface area contributed by atoms with Crippen molar-refractivity contribution in [3.8, 4) is 11.5 Å². The van der Waals surface area contributed by atoms with Crippen LogP contribution >= 0.6 is 0 Å². The Kier molecular flexibility index (Phi) is 21.1. The molecule has 3 rings (SSSR count).